The summed E-state index contributed by atoms with van der Waals surface area (Å²) in [6.07, 6.45) is 3.08. The van der Waals surface area contributed by atoms with Gasteiger partial charge in [0.1, 0.15) is 0 Å². The number of amides is 2. The quantitative estimate of drug-likeness (QED) is 0.408. The Balaban J connectivity index is 1.47. The van der Waals surface area contributed by atoms with Gasteiger partial charge < -0.3 is 14.8 Å². The summed E-state index contributed by atoms with van der Waals surface area (Å²) in [4.78, 5) is 48.4. The minimum absolute atomic E-state index is 0.0709. The van der Waals surface area contributed by atoms with Crippen molar-refractivity contribution in [1.29, 1.82) is 0 Å². The van der Waals surface area contributed by atoms with E-state index in [1.165, 1.54) is 11.1 Å². The first kappa shape index (κ1) is 19.1. The Morgan fingerprint density at radius 1 is 1.03 bits per heavy atom. The molecule has 1 saturated heterocycles. The number of aromatic amines is 1. The largest absolute Gasteiger partial charge is 0.358 e. The van der Waals surface area contributed by atoms with Crippen LogP contribution in [0.3, 0.4) is 0 Å². The van der Waals surface area contributed by atoms with E-state index < -0.39 is 11.7 Å². The number of nitrogens with one attached hydrogen (secondary N) is 1. The van der Waals surface area contributed by atoms with Gasteiger partial charge in [-0.3, -0.25) is 14.4 Å². The molecule has 2 amide bonds. The molecule has 0 radical (unpaired) electrons. The zero-order chi connectivity index (χ0) is 20.5. The summed E-state index contributed by atoms with van der Waals surface area (Å²) in [5, 5.41) is 0.867. The fraction of sp³-hybridized carbons (Fsp3) is 0.238. The number of piperazine rings is 1. The molecule has 1 N–H and O–H groups in total. The maximum Gasteiger partial charge on any atom is 0.295 e. The molecule has 7 nitrogen and oxygen atoms in total. The number of fused-ring (bicyclic) bond motifs is 1. The molecule has 1 fully saturated rings. The van der Waals surface area contributed by atoms with E-state index in [2.05, 4.69) is 9.97 Å². The van der Waals surface area contributed by atoms with E-state index in [9.17, 15) is 14.4 Å². The molecule has 8 heteroatoms. The van der Waals surface area contributed by atoms with Crippen LogP contribution in [-0.2, 0) is 4.79 Å². The number of pyridine rings is 1. The van der Waals surface area contributed by atoms with E-state index in [0.29, 0.717) is 42.6 Å². The summed E-state index contributed by atoms with van der Waals surface area (Å²) < 4.78 is 0. The van der Waals surface area contributed by atoms with Crippen molar-refractivity contribution in [3.63, 3.8) is 0 Å². The number of H-pyrrole nitrogens is 1. The second-order valence-corrected chi connectivity index (χ2v) is 7.32. The summed E-state index contributed by atoms with van der Waals surface area (Å²) in [7, 11) is 0. The maximum absolute atomic E-state index is 12.9. The van der Waals surface area contributed by atoms with Crippen LogP contribution in [0.4, 0.5) is 0 Å². The number of halogens is 1. The van der Waals surface area contributed by atoms with Crippen LogP contribution in [0.25, 0.3) is 10.9 Å². The zero-order valence-electron chi connectivity index (χ0n) is 15.8. The van der Waals surface area contributed by atoms with Gasteiger partial charge in [0.2, 0.25) is 0 Å². The number of nitrogens with zero attached hydrogens (tertiary/aromatic N) is 3. The molecule has 0 atom stereocenters. The van der Waals surface area contributed by atoms with Crippen molar-refractivity contribution in [2.24, 2.45) is 0 Å². The van der Waals surface area contributed by atoms with Gasteiger partial charge in [0.15, 0.2) is 5.15 Å². The van der Waals surface area contributed by atoms with Gasteiger partial charge >= 0.3 is 0 Å². The van der Waals surface area contributed by atoms with Crippen LogP contribution in [0.15, 0.2) is 42.7 Å². The Morgan fingerprint density at radius 3 is 2.38 bits per heavy atom. The molecule has 148 valence electrons. The van der Waals surface area contributed by atoms with Crippen LogP contribution in [0.1, 0.15) is 26.3 Å². The Kier molecular flexibility index (Phi) is 5.07. The van der Waals surface area contributed by atoms with Gasteiger partial charge in [-0.05, 0) is 24.6 Å². The highest BCUT2D eigenvalue weighted by Crippen LogP contribution is 2.27. The van der Waals surface area contributed by atoms with Crippen molar-refractivity contribution in [2.45, 2.75) is 6.92 Å². The van der Waals surface area contributed by atoms with E-state index >= 15 is 0 Å². The molecule has 0 unspecified atom stereocenters. The maximum atomic E-state index is 12.9. The standard InChI is InChI=1S/C21H19ClN4O3/c1-13-11-24-19(22)17-16(13)15(12-23-17)18(27)21(29)26-9-7-25(8-10-26)20(28)14-5-3-2-4-6-14/h2-6,11-12,23H,7-10H2,1H3. The Morgan fingerprint density at radius 2 is 1.69 bits per heavy atom. The van der Waals surface area contributed by atoms with E-state index in [-0.39, 0.29) is 16.6 Å². The number of Topliss-reactive ketones (excluding diaryl/α,β-unsaturated/α-hetero) is 1. The smallest absolute Gasteiger partial charge is 0.295 e. The lowest BCUT2D eigenvalue weighted by Crippen LogP contribution is -2.52. The molecule has 0 aliphatic carbocycles. The number of rotatable bonds is 3. The molecule has 0 bridgehead atoms. The molecule has 4 rings (SSSR count). The van der Waals surface area contributed by atoms with Crippen molar-refractivity contribution in [2.75, 3.05) is 26.2 Å². The lowest BCUT2D eigenvalue weighted by molar-refractivity contribution is -0.127. The summed E-state index contributed by atoms with van der Waals surface area (Å²) in [6, 6.07) is 9.02. The lowest BCUT2D eigenvalue weighted by Gasteiger charge is -2.34. The van der Waals surface area contributed by atoms with Gasteiger partial charge in [-0.1, -0.05) is 29.8 Å². The van der Waals surface area contributed by atoms with Crippen molar-refractivity contribution in [1.82, 2.24) is 19.8 Å². The Labute approximate surface area is 172 Å². The molecule has 1 aliphatic heterocycles. The van der Waals surface area contributed by atoms with Gasteiger partial charge in [-0.25, -0.2) is 4.98 Å². The Hall–Kier alpha value is -3.19. The average molecular weight is 411 g/mol. The molecule has 3 aromatic rings. The van der Waals surface area contributed by atoms with Crippen molar-refractivity contribution in [3.8, 4) is 0 Å². The predicted octanol–water partition coefficient (Wildman–Crippen LogP) is 2.69. The van der Waals surface area contributed by atoms with Crippen LogP contribution >= 0.6 is 11.6 Å². The van der Waals surface area contributed by atoms with Crippen LogP contribution in [0.2, 0.25) is 5.15 Å². The van der Waals surface area contributed by atoms with Gasteiger partial charge in [-0.2, -0.15) is 0 Å². The molecule has 3 heterocycles. The monoisotopic (exact) mass is 410 g/mol. The van der Waals surface area contributed by atoms with Gasteiger partial charge in [-0.15, -0.1) is 0 Å². The van der Waals surface area contributed by atoms with Crippen LogP contribution in [-0.4, -0.2) is 63.5 Å². The molecular formula is C21H19ClN4O3. The van der Waals surface area contributed by atoms with E-state index in [1.807, 2.05) is 25.1 Å². The predicted molar refractivity (Wildman–Crippen MR) is 109 cm³/mol. The number of aryl methyl sites for hydroxylation is 1. The number of carbonyl (C=O) groups excluding carboxylic acids is 3. The zero-order valence-corrected chi connectivity index (χ0v) is 16.6. The van der Waals surface area contributed by atoms with Gasteiger partial charge in [0, 0.05) is 49.5 Å². The van der Waals surface area contributed by atoms with Gasteiger partial charge in [0.05, 0.1) is 11.1 Å². The summed E-state index contributed by atoms with van der Waals surface area (Å²) in [6.45, 7) is 3.21. The molecule has 0 saturated carbocycles. The number of aromatic nitrogens is 2. The number of benzene rings is 1. The fourth-order valence-corrected chi connectivity index (χ4v) is 3.79. The second-order valence-electron chi connectivity index (χ2n) is 6.96. The lowest BCUT2D eigenvalue weighted by atomic mass is 10.1. The highest BCUT2D eigenvalue weighted by atomic mass is 35.5. The normalized spacial score (nSPS) is 14.3. The third kappa shape index (κ3) is 3.49. The second kappa shape index (κ2) is 7.67. The first-order chi connectivity index (χ1) is 14.0. The highest BCUT2D eigenvalue weighted by molar-refractivity contribution is 6.45. The van der Waals surface area contributed by atoms with Crippen LogP contribution in [0, 0.1) is 6.92 Å². The summed E-state index contributed by atoms with van der Waals surface area (Å²) >= 11 is 6.09. The average Bonchev–Trinajstić information content (AvgIpc) is 3.22. The van der Waals surface area contributed by atoms with Crippen molar-refractivity contribution >= 4 is 40.1 Å². The molecule has 1 aliphatic rings. The third-order valence-corrected chi connectivity index (χ3v) is 5.45. The minimum Gasteiger partial charge on any atom is -0.358 e. The summed E-state index contributed by atoms with van der Waals surface area (Å²) in [5.74, 6) is -1.24. The summed E-state index contributed by atoms with van der Waals surface area (Å²) in [5.41, 5.74) is 2.21. The molecular weight excluding hydrogens is 392 g/mol. The topological polar surface area (TPSA) is 86.4 Å². The number of hydrogen-bond donors (Lipinski definition) is 1. The van der Waals surface area contributed by atoms with Crippen LogP contribution in [0.5, 0.6) is 0 Å². The third-order valence-electron chi connectivity index (χ3n) is 5.17. The molecule has 2 aromatic heterocycles. The van der Waals surface area contributed by atoms with Gasteiger partial charge in [0.25, 0.3) is 17.6 Å². The van der Waals surface area contributed by atoms with E-state index in [4.69, 9.17) is 11.6 Å². The molecule has 1 aromatic carbocycles. The molecule has 0 spiro atoms. The number of ketones is 1. The molecule has 29 heavy (non-hydrogen) atoms. The first-order valence-corrected chi connectivity index (χ1v) is 9.65. The number of hydrogen-bond acceptors (Lipinski definition) is 4. The number of carbonyl (C=O) groups is 3. The first-order valence-electron chi connectivity index (χ1n) is 9.27. The van der Waals surface area contributed by atoms with Crippen molar-refractivity contribution < 1.29 is 14.4 Å². The van der Waals surface area contributed by atoms with E-state index in [0.717, 1.165) is 5.56 Å². The SMILES string of the molecule is Cc1cnc(Cl)c2[nH]cc(C(=O)C(=O)N3CCN(C(=O)c4ccccc4)CC3)c12. The van der Waals surface area contributed by atoms with Crippen LogP contribution < -0.4 is 0 Å². The van der Waals surface area contributed by atoms with E-state index in [1.54, 1.807) is 23.2 Å². The van der Waals surface area contributed by atoms with Crippen molar-refractivity contribution in [3.05, 3.63) is 64.6 Å². The fourth-order valence-electron chi connectivity index (χ4n) is 3.59. The minimum atomic E-state index is -0.593. The highest BCUT2D eigenvalue weighted by Gasteiger charge is 2.30. The Bertz CT molecular complexity index is 1100.